The maximum absolute atomic E-state index is 12.2. The van der Waals surface area contributed by atoms with Gasteiger partial charge in [0.25, 0.3) is 5.91 Å². The molecule has 2 rings (SSSR count). The van der Waals surface area contributed by atoms with Crippen LogP contribution in [0.4, 0.5) is 0 Å². The summed E-state index contributed by atoms with van der Waals surface area (Å²) in [6.45, 7) is 0.648. The van der Waals surface area contributed by atoms with E-state index in [2.05, 4.69) is 0 Å². The average Bonchev–Trinajstić information content (AvgIpc) is 2.37. The predicted molar refractivity (Wildman–Crippen MR) is 69.7 cm³/mol. The van der Waals surface area contributed by atoms with Crippen molar-refractivity contribution in [2.75, 3.05) is 19.3 Å². The van der Waals surface area contributed by atoms with E-state index in [-0.39, 0.29) is 23.1 Å². The minimum atomic E-state index is -3.34. The van der Waals surface area contributed by atoms with Crippen molar-refractivity contribution in [2.24, 2.45) is 0 Å². The smallest absolute Gasteiger partial charge is 0.254 e. The lowest BCUT2D eigenvalue weighted by Crippen LogP contribution is -2.40. The monoisotopic (exact) mass is 281 g/mol. The van der Waals surface area contributed by atoms with Gasteiger partial charge in [-0.3, -0.25) is 9.59 Å². The van der Waals surface area contributed by atoms with Crippen LogP contribution in [0.25, 0.3) is 0 Å². The number of likely N-dealkylation sites (tertiary alicyclic amines) is 1. The third-order valence-electron chi connectivity index (χ3n) is 3.05. The fourth-order valence-corrected chi connectivity index (χ4v) is 2.72. The molecule has 1 saturated heterocycles. The van der Waals surface area contributed by atoms with Gasteiger partial charge in [0.2, 0.25) is 0 Å². The number of sulfone groups is 1. The number of nitrogens with zero attached hydrogens (tertiary/aromatic N) is 1. The van der Waals surface area contributed by atoms with Crippen molar-refractivity contribution >= 4 is 21.5 Å². The lowest BCUT2D eigenvalue weighted by Gasteiger charge is -2.25. The molecule has 1 aromatic carbocycles. The molecule has 0 atom stereocenters. The van der Waals surface area contributed by atoms with Crippen molar-refractivity contribution in [3.8, 4) is 0 Å². The van der Waals surface area contributed by atoms with Crippen LogP contribution in [0.15, 0.2) is 29.2 Å². The van der Waals surface area contributed by atoms with E-state index in [1.54, 1.807) is 6.07 Å². The summed E-state index contributed by atoms with van der Waals surface area (Å²) in [7, 11) is -3.34. The topological polar surface area (TPSA) is 71.5 Å². The first-order chi connectivity index (χ1) is 8.88. The minimum absolute atomic E-state index is 0.0406. The Hall–Kier alpha value is -1.69. The predicted octanol–water partition coefficient (Wildman–Crippen LogP) is 0.895. The van der Waals surface area contributed by atoms with Gasteiger partial charge in [-0.1, -0.05) is 6.07 Å². The summed E-state index contributed by atoms with van der Waals surface area (Å²) in [6, 6.07) is 5.91. The zero-order valence-corrected chi connectivity index (χ0v) is 11.4. The first-order valence-corrected chi connectivity index (χ1v) is 7.88. The van der Waals surface area contributed by atoms with Gasteiger partial charge in [0.15, 0.2) is 15.6 Å². The Morgan fingerprint density at radius 2 is 2.05 bits per heavy atom. The van der Waals surface area contributed by atoms with Gasteiger partial charge in [0, 0.05) is 24.8 Å². The molecule has 102 valence electrons. The fourth-order valence-electron chi connectivity index (χ4n) is 2.05. The van der Waals surface area contributed by atoms with E-state index in [9.17, 15) is 18.0 Å². The van der Waals surface area contributed by atoms with E-state index in [1.807, 2.05) is 0 Å². The number of piperidine rings is 1. The van der Waals surface area contributed by atoms with Crippen molar-refractivity contribution in [2.45, 2.75) is 17.7 Å². The summed E-state index contributed by atoms with van der Waals surface area (Å²) in [5.41, 5.74) is 0.303. The Morgan fingerprint density at radius 3 is 2.68 bits per heavy atom. The second kappa shape index (κ2) is 5.13. The highest BCUT2D eigenvalue weighted by molar-refractivity contribution is 7.90. The third kappa shape index (κ3) is 3.20. The average molecular weight is 281 g/mol. The van der Waals surface area contributed by atoms with Crippen LogP contribution in [0.3, 0.4) is 0 Å². The molecule has 0 radical (unpaired) electrons. The third-order valence-corrected chi connectivity index (χ3v) is 4.16. The summed E-state index contributed by atoms with van der Waals surface area (Å²) in [5.74, 6) is -0.252. The molecule has 0 bridgehead atoms. The largest absolute Gasteiger partial charge is 0.331 e. The van der Waals surface area contributed by atoms with Gasteiger partial charge in [0.1, 0.15) is 0 Å². The second-order valence-electron chi connectivity index (χ2n) is 4.67. The van der Waals surface area contributed by atoms with E-state index in [4.69, 9.17) is 0 Å². The summed E-state index contributed by atoms with van der Waals surface area (Å²) in [4.78, 5) is 25.1. The highest BCUT2D eigenvalue weighted by Crippen LogP contribution is 2.15. The summed E-state index contributed by atoms with van der Waals surface area (Å²) in [6.07, 6.45) is 2.27. The van der Waals surface area contributed by atoms with Crippen molar-refractivity contribution in [3.63, 3.8) is 0 Å². The molecule has 1 fully saturated rings. The first-order valence-electron chi connectivity index (χ1n) is 5.99. The number of carbonyl (C=O) groups is 2. The summed E-state index contributed by atoms with van der Waals surface area (Å²) in [5, 5.41) is 0. The zero-order valence-electron chi connectivity index (χ0n) is 10.6. The molecule has 1 aliphatic heterocycles. The molecule has 0 N–H and O–H groups in total. The number of Topliss-reactive ketones (excluding diaryl/α,β-unsaturated/α-hetero) is 1. The Morgan fingerprint density at radius 1 is 1.32 bits per heavy atom. The number of rotatable bonds is 2. The van der Waals surface area contributed by atoms with Gasteiger partial charge in [-0.05, 0) is 24.6 Å². The SMILES string of the molecule is CS(=O)(=O)c1cccc(C(=O)N2CCCC(=O)C2)c1. The molecule has 1 heterocycles. The van der Waals surface area contributed by atoms with Gasteiger partial charge in [-0.15, -0.1) is 0 Å². The Balaban J connectivity index is 2.26. The van der Waals surface area contributed by atoms with E-state index in [0.717, 1.165) is 6.26 Å². The van der Waals surface area contributed by atoms with Crippen LogP contribution < -0.4 is 0 Å². The summed E-state index contributed by atoms with van der Waals surface area (Å²) >= 11 is 0. The molecule has 0 unspecified atom stereocenters. The number of ketones is 1. The van der Waals surface area contributed by atoms with Crippen molar-refractivity contribution < 1.29 is 18.0 Å². The van der Waals surface area contributed by atoms with E-state index >= 15 is 0 Å². The van der Waals surface area contributed by atoms with Gasteiger partial charge < -0.3 is 4.90 Å². The molecule has 1 aliphatic rings. The number of amides is 1. The highest BCUT2D eigenvalue weighted by atomic mass is 32.2. The molecular formula is C13H15NO4S. The molecular weight excluding hydrogens is 266 g/mol. The molecule has 1 amide bonds. The fraction of sp³-hybridized carbons (Fsp3) is 0.385. The van der Waals surface area contributed by atoms with Crippen molar-refractivity contribution in [1.82, 2.24) is 4.90 Å². The van der Waals surface area contributed by atoms with Gasteiger partial charge in [-0.2, -0.15) is 0 Å². The minimum Gasteiger partial charge on any atom is -0.331 e. The zero-order chi connectivity index (χ0) is 14.0. The number of hydrogen-bond acceptors (Lipinski definition) is 4. The standard InChI is InChI=1S/C13H15NO4S/c1-19(17,18)12-6-2-4-10(8-12)13(16)14-7-3-5-11(15)9-14/h2,4,6,8H,3,5,7,9H2,1H3. The molecule has 0 aliphatic carbocycles. The van der Waals surface area contributed by atoms with E-state index < -0.39 is 9.84 Å². The van der Waals surface area contributed by atoms with Crippen molar-refractivity contribution in [1.29, 1.82) is 0 Å². The normalized spacial score (nSPS) is 16.5. The van der Waals surface area contributed by atoms with Crippen LogP contribution in [-0.2, 0) is 14.6 Å². The van der Waals surface area contributed by atoms with Gasteiger partial charge in [-0.25, -0.2) is 8.42 Å². The van der Waals surface area contributed by atoms with E-state index in [0.29, 0.717) is 24.9 Å². The van der Waals surface area contributed by atoms with Crippen LogP contribution >= 0.6 is 0 Å². The molecule has 6 heteroatoms. The Kier molecular flexibility index (Phi) is 3.71. The Labute approximate surface area is 112 Å². The van der Waals surface area contributed by atoms with Crippen LogP contribution in [0, 0.1) is 0 Å². The van der Waals surface area contributed by atoms with E-state index in [1.165, 1.54) is 23.1 Å². The van der Waals surface area contributed by atoms with Gasteiger partial charge >= 0.3 is 0 Å². The lowest BCUT2D eigenvalue weighted by atomic mass is 10.1. The first kappa shape index (κ1) is 13.7. The van der Waals surface area contributed by atoms with Crippen LogP contribution in [0.5, 0.6) is 0 Å². The number of carbonyl (C=O) groups excluding carboxylic acids is 2. The highest BCUT2D eigenvalue weighted by Gasteiger charge is 2.23. The summed E-state index contributed by atoms with van der Waals surface area (Å²) < 4.78 is 22.9. The molecule has 0 spiro atoms. The maximum Gasteiger partial charge on any atom is 0.254 e. The lowest BCUT2D eigenvalue weighted by molar-refractivity contribution is -0.121. The number of benzene rings is 1. The quantitative estimate of drug-likeness (QED) is 0.807. The number of hydrogen-bond donors (Lipinski definition) is 0. The molecule has 5 nitrogen and oxygen atoms in total. The van der Waals surface area contributed by atoms with Crippen LogP contribution in [-0.4, -0.2) is 44.4 Å². The Bertz CT molecular complexity index is 621. The molecule has 0 aromatic heterocycles. The molecule has 1 aromatic rings. The molecule has 0 saturated carbocycles. The maximum atomic E-state index is 12.2. The van der Waals surface area contributed by atoms with Crippen LogP contribution in [0.1, 0.15) is 23.2 Å². The van der Waals surface area contributed by atoms with Crippen LogP contribution in [0.2, 0.25) is 0 Å². The van der Waals surface area contributed by atoms with Crippen molar-refractivity contribution in [3.05, 3.63) is 29.8 Å². The molecule has 19 heavy (non-hydrogen) atoms. The van der Waals surface area contributed by atoms with Gasteiger partial charge in [0.05, 0.1) is 11.4 Å². The second-order valence-corrected chi connectivity index (χ2v) is 6.68.